The number of aromatic nitrogens is 2. The molecule has 0 fully saturated rings. The first-order valence-electron chi connectivity index (χ1n) is 12.6. The number of anilines is 1. The maximum Gasteiger partial charge on any atom is 0.341 e. The van der Waals surface area contributed by atoms with Crippen LogP contribution in [0, 0.1) is 6.92 Å². The molecule has 1 aliphatic heterocycles. The number of amides is 1. The SMILES string of the molecule is CCOC(=O)c1c(NC(=O)CSc2nc3c(c(=O)n2-c2ccc(C)cc2)SCC3)sc2c1CCCCC2. The van der Waals surface area contributed by atoms with Crippen LogP contribution in [0.5, 0.6) is 0 Å². The van der Waals surface area contributed by atoms with E-state index in [1.165, 1.54) is 34.9 Å². The van der Waals surface area contributed by atoms with Gasteiger partial charge in [0.25, 0.3) is 5.56 Å². The number of aryl methyl sites for hydroxylation is 3. The van der Waals surface area contributed by atoms with Gasteiger partial charge in [-0.05, 0) is 57.2 Å². The van der Waals surface area contributed by atoms with Crippen molar-refractivity contribution < 1.29 is 14.3 Å². The monoisotopic (exact) mass is 555 g/mol. The number of nitrogens with zero attached hydrogens (tertiary/aromatic N) is 2. The minimum Gasteiger partial charge on any atom is -0.462 e. The third-order valence-corrected chi connectivity index (χ3v) is 9.70. The molecule has 0 atom stereocenters. The van der Waals surface area contributed by atoms with Crippen molar-refractivity contribution in [2.75, 3.05) is 23.4 Å². The van der Waals surface area contributed by atoms with Gasteiger partial charge in [-0.25, -0.2) is 9.78 Å². The van der Waals surface area contributed by atoms with Gasteiger partial charge in [0.2, 0.25) is 5.91 Å². The lowest BCUT2D eigenvalue weighted by atomic mass is 10.1. The fourth-order valence-corrected chi connectivity index (χ4v) is 7.80. The smallest absolute Gasteiger partial charge is 0.341 e. The molecule has 37 heavy (non-hydrogen) atoms. The Labute approximate surface area is 228 Å². The van der Waals surface area contributed by atoms with Crippen molar-refractivity contribution in [3.63, 3.8) is 0 Å². The molecular weight excluding hydrogens is 527 g/mol. The number of thioether (sulfide) groups is 2. The minimum atomic E-state index is -0.379. The first kappa shape index (κ1) is 26.1. The van der Waals surface area contributed by atoms with Gasteiger partial charge in [-0.3, -0.25) is 14.2 Å². The highest BCUT2D eigenvalue weighted by molar-refractivity contribution is 8.00. The predicted octanol–water partition coefficient (Wildman–Crippen LogP) is 5.43. The second-order valence-corrected chi connectivity index (χ2v) is 12.2. The van der Waals surface area contributed by atoms with Gasteiger partial charge in [0, 0.05) is 17.1 Å². The summed E-state index contributed by atoms with van der Waals surface area (Å²) in [5.41, 5.74) is 4.06. The van der Waals surface area contributed by atoms with E-state index in [4.69, 9.17) is 9.72 Å². The lowest BCUT2D eigenvalue weighted by Crippen LogP contribution is -2.24. The number of hydrogen-bond acceptors (Lipinski definition) is 8. The first-order valence-corrected chi connectivity index (χ1v) is 15.3. The maximum atomic E-state index is 13.4. The molecular formula is C27H29N3O4S3. The average Bonchev–Trinajstić information content (AvgIpc) is 3.41. The highest BCUT2D eigenvalue weighted by Gasteiger charge is 2.27. The molecule has 0 saturated carbocycles. The summed E-state index contributed by atoms with van der Waals surface area (Å²) in [6.45, 7) is 4.07. The molecule has 1 N–H and O–H groups in total. The van der Waals surface area contributed by atoms with Crippen molar-refractivity contribution in [1.82, 2.24) is 9.55 Å². The van der Waals surface area contributed by atoms with Gasteiger partial charge in [-0.15, -0.1) is 23.1 Å². The minimum absolute atomic E-state index is 0.0645. The second kappa shape index (κ2) is 11.4. The fourth-order valence-electron chi connectivity index (χ4n) is 4.65. The number of rotatable bonds is 7. The Kier molecular flexibility index (Phi) is 8.07. The number of carbonyl (C=O) groups excluding carboxylic acids is 2. The maximum absolute atomic E-state index is 13.4. The molecule has 2 aromatic heterocycles. The molecule has 10 heteroatoms. The van der Waals surface area contributed by atoms with Gasteiger partial charge < -0.3 is 10.1 Å². The third-order valence-electron chi connectivity index (χ3n) is 6.44. The van der Waals surface area contributed by atoms with Crippen LogP contribution >= 0.6 is 34.9 Å². The number of fused-ring (bicyclic) bond motifs is 2. The first-order chi connectivity index (χ1) is 18.0. The zero-order chi connectivity index (χ0) is 25.9. The number of benzene rings is 1. The number of hydrogen-bond donors (Lipinski definition) is 1. The molecule has 3 heterocycles. The van der Waals surface area contributed by atoms with Crippen molar-refractivity contribution in [1.29, 1.82) is 0 Å². The zero-order valence-corrected chi connectivity index (χ0v) is 23.4. The van der Waals surface area contributed by atoms with E-state index in [2.05, 4.69) is 5.32 Å². The van der Waals surface area contributed by atoms with Crippen LogP contribution in [-0.2, 0) is 28.8 Å². The van der Waals surface area contributed by atoms with Crippen molar-refractivity contribution in [2.24, 2.45) is 0 Å². The van der Waals surface area contributed by atoms with Crippen LogP contribution in [0.1, 0.15) is 58.2 Å². The molecule has 5 rings (SSSR count). The Bertz CT molecular complexity index is 1400. The number of ether oxygens (including phenoxy) is 1. The van der Waals surface area contributed by atoms with Gasteiger partial charge in [0.15, 0.2) is 5.16 Å². The Morgan fingerprint density at radius 3 is 2.70 bits per heavy atom. The van der Waals surface area contributed by atoms with Crippen molar-refractivity contribution in [2.45, 2.75) is 62.4 Å². The van der Waals surface area contributed by atoms with E-state index in [-0.39, 0.29) is 29.8 Å². The molecule has 1 amide bonds. The van der Waals surface area contributed by atoms with E-state index in [9.17, 15) is 14.4 Å². The molecule has 7 nitrogen and oxygen atoms in total. The molecule has 0 spiro atoms. The lowest BCUT2D eigenvalue weighted by Gasteiger charge is -2.14. The summed E-state index contributed by atoms with van der Waals surface area (Å²) < 4.78 is 6.94. The Morgan fingerprint density at radius 1 is 1.14 bits per heavy atom. The fraction of sp³-hybridized carbons (Fsp3) is 0.407. The van der Waals surface area contributed by atoms with Crippen molar-refractivity contribution >= 4 is 51.7 Å². The average molecular weight is 556 g/mol. The second-order valence-electron chi connectivity index (χ2n) is 9.07. The predicted molar refractivity (Wildman–Crippen MR) is 150 cm³/mol. The lowest BCUT2D eigenvalue weighted by molar-refractivity contribution is -0.113. The van der Waals surface area contributed by atoms with Gasteiger partial charge >= 0.3 is 5.97 Å². The molecule has 3 aromatic rings. The summed E-state index contributed by atoms with van der Waals surface area (Å²) >= 11 is 4.26. The summed E-state index contributed by atoms with van der Waals surface area (Å²) in [6.07, 6.45) is 5.72. The number of nitrogens with one attached hydrogen (secondary N) is 1. The summed E-state index contributed by atoms with van der Waals surface area (Å²) in [5, 5.41) is 4.03. The van der Waals surface area contributed by atoms with Gasteiger partial charge in [-0.1, -0.05) is 35.9 Å². The van der Waals surface area contributed by atoms with Crippen molar-refractivity contribution in [3.8, 4) is 5.69 Å². The van der Waals surface area contributed by atoms with Gasteiger partial charge in [-0.2, -0.15) is 0 Å². The highest BCUT2D eigenvalue weighted by Crippen LogP contribution is 2.38. The molecule has 2 aliphatic rings. The largest absolute Gasteiger partial charge is 0.462 e. The molecule has 1 aliphatic carbocycles. The van der Waals surface area contributed by atoms with E-state index in [1.807, 2.05) is 31.2 Å². The van der Waals surface area contributed by atoms with Crippen LogP contribution in [0.25, 0.3) is 5.69 Å². The topological polar surface area (TPSA) is 90.3 Å². The van der Waals surface area contributed by atoms with Gasteiger partial charge in [0.05, 0.1) is 34.2 Å². The Balaban J connectivity index is 1.40. The van der Waals surface area contributed by atoms with E-state index in [0.29, 0.717) is 20.6 Å². The van der Waals surface area contributed by atoms with Crippen LogP contribution < -0.4 is 10.9 Å². The number of carbonyl (C=O) groups is 2. The van der Waals surface area contributed by atoms with Crippen LogP contribution in [0.3, 0.4) is 0 Å². The van der Waals surface area contributed by atoms with Gasteiger partial charge in [0.1, 0.15) is 5.00 Å². The molecule has 194 valence electrons. The molecule has 1 aromatic carbocycles. The van der Waals surface area contributed by atoms with E-state index >= 15 is 0 Å². The Morgan fingerprint density at radius 2 is 1.92 bits per heavy atom. The van der Waals surface area contributed by atoms with Crippen LogP contribution in [-0.4, -0.2) is 39.5 Å². The quantitative estimate of drug-likeness (QED) is 0.180. The van der Waals surface area contributed by atoms with Crippen LogP contribution in [0.4, 0.5) is 5.00 Å². The summed E-state index contributed by atoms with van der Waals surface area (Å²) in [6, 6.07) is 7.72. The van der Waals surface area contributed by atoms with Crippen molar-refractivity contribution in [3.05, 3.63) is 61.9 Å². The number of esters is 1. The molecule has 0 unspecified atom stereocenters. The highest BCUT2D eigenvalue weighted by atomic mass is 32.2. The molecule has 0 bridgehead atoms. The van der Waals surface area contributed by atoms with E-state index in [0.717, 1.165) is 71.7 Å². The third kappa shape index (κ3) is 5.51. The molecule has 0 radical (unpaired) electrons. The Hall–Kier alpha value is -2.56. The normalized spacial score (nSPS) is 14.5. The van der Waals surface area contributed by atoms with Crippen LogP contribution in [0.15, 0.2) is 39.1 Å². The molecule has 0 saturated heterocycles. The van der Waals surface area contributed by atoms with E-state index in [1.54, 1.807) is 11.5 Å². The van der Waals surface area contributed by atoms with E-state index < -0.39 is 0 Å². The zero-order valence-electron chi connectivity index (χ0n) is 20.9. The number of thiophene rings is 1. The van der Waals surface area contributed by atoms with Crippen LogP contribution in [0.2, 0.25) is 0 Å². The summed E-state index contributed by atoms with van der Waals surface area (Å²) in [7, 11) is 0. The summed E-state index contributed by atoms with van der Waals surface area (Å²) in [4.78, 5) is 45.9. The summed E-state index contributed by atoms with van der Waals surface area (Å²) in [5.74, 6) is 0.275. The standard InChI is InChI=1S/C27H29N3O4S3/c1-3-34-26(33)22-18-7-5-4-6-8-20(18)37-24(22)29-21(31)15-36-27-28-19-13-14-35-23(19)25(32)30(27)17-11-9-16(2)10-12-17/h9-12H,3-8,13-15H2,1-2H3,(H,29,31).